The molecule has 0 aliphatic heterocycles. The molecule has 3 heterocycles. The number of rotatable bonds is 4. The van der Waals surface area contributed by atoms with E-state index in [1.165, 1.54) is 12.1 Å². The van der Waals surface area contributed by atoms with Gasteiger partial charge in [-0.1, -0.05) is 12.1 Å². The first-order valence-electron chi connectivity index (χ1n) is 8.15. The molecule has 5 rings (SSSR count). The SMILES string of the molecule is Fc1cccc(Cn2ncc3cc(Nc4[nH]nc5sccc45)ccc32)c1. The summed E-state index contributed by atoms with van der Waals surface area (Å²) in [6, 6.07) is 14.7. The predicted octanol–water partition coefficient (Wildman–Crippen LogP) is 4.91. The van der Waals surface area contributed by atoms with Gasteiger partial charge < -0.3 is 5.32 Å². The Morgan fingerprint density at radius 1 is 1.15 bits per heavy atom. The number of nitrogens with one attached hydrogen (secondary N) is 2. The summed E-state index contributed by atoms with van der Waals surface area (Å²) in [5.74, 6) is 0.650. The first-order chi connectivity index (χ1) is 12.8. The van der Waals surface area contributed by atoms with Crippen molar-refractivity contribution < 1.29 is 4.39 Å². The number of aromatic amines is 1. The molecule has 3 aromatic heterocycles. The monoisotopic (exact) mass is 363 g/mol. The molecule has 5 nitrogen and oxygen atoms in total. The van der Waals surface area contributed by atoms with E-state index in [9.17, 15) is 4.39 Å². The summed E-state index contributed by atoms with van der Waals surface area (Å²) in [6.45, 7) is 0.532. The molecule has 2 aromatic carbocycles. The lowest BCUT2D eigenvalue weighted by Crippen LogP contribution is -2.01. The van der Waals surface area contributed by atoms with Crippen molar-refractivity contribution >= 4 is 44.0 Å². The summed E-state index contributed by atoms with van der Waals surface area (Å²) in [4.78, 5) is 0.983. The quantitative estimate of drug-likeness (QED) is 0.477. The van der Waals surface area contributed by atoms with Crippen molar-refractivity contribution in [3.05, 3.63) is 71.5 Å². The minimum absolute atomic E-state index is 0.232. The van der Waals surface area contributed by atoms with Gasteiger partial charge in [0.1, 0.15) is 16.5 Å². The van der Waals surface area contributed by atoms with Gasteiger partial charge in [0.2, 0.25) is 0 Å². The molecule has 7 heteroatoms. The Balaban J connectivity index is 1.45. The van der Waals surface area contributed by atoms with Crippen molar-refractivity contribution in [3.8, 4) is 0 Å². The number of aromatic nitrogens is 4. The number of H-pyrrole nitrogens is 1. The number of halogens is 1. The Bertz CT molecular complexity index is 1220. The fourth-order valence-corrected chi connectivity index (χ4v) is 3.81. The molecule has 0 aliphatic carbocycles. The fourth-order valence-electron chi connectivity index (χ4n) is 3.08. The van der Waals surface area contributed by atoms with Gasteiger partial charge in [-0.3, -0.25) is 9.78 Å². The zero-order valence-corrected chi connectivity index (χ0v) is 14.4. The number of benzene rings is 2. The number of fused-ring (bicyclic) bond motifs is 2. The van der Waals surface area contributed by atoms with E-state index in [2.05, 4.69) is 20.6 Å². The Labute approximate surface area is 152 Å². The lowest BCUT2D eigenvalue weighted by Gasteiger charge is -2.06. The molecule has 0 unspecified atom stereocenters. The van der Waals surface area contributed by atoms with E-state index in [0.717, 1.165) is 38.2 Å². The highest BCUT2D eigenvalue weighted by Crippen LogP contribution is 2.28. The van der Waals surface area contributed by atoms with Gasteiger partial charge in [-0.2, -0.15) is 10.2 Å². The molecule has 2 N–H and O–H groups in total. The van der Waals surface area contributed by atoms with Crippen LogP contribution in [0.25, 0.3) is 21.1 Å². The van der Waals surface area contributed by atoms with Crippen LogP contribution >= 0.6 is 11.3 Å². The molecule has 26 heavy (non-hydrogen) atoms. The molecule has 0 amide bonds. The van der Waals surface area contributed by atoms with Crippen LogP contribution in [0.15, 0.2) is 60.1 Å². The number of thiophene rings is 1. The van der Waals surface area contributed by atoms with E-state index in [1.54, 1.807) is 17.4 Å². The predicted molar refractivity (Wildman–Crippen MR) is 102 cm³/mol. The standard InChI is InChI=1S/C19H14FN5S/c20-14-3-1-2-12(8-14)11-25-17-5-4-15(9-13(17)10-21-25)22-18-16-6-7-26-19(16)24-23-18/h1-10H,11H2,(H2,22,23,24). The zero-order valence-electron chi connectivity index (χ0n) is 13.6. The summed E-state index contributed by atoms with van der Waals surface area (Å²) >= 11 is 1.60. The number of hydrogen-bond donors (Lipinski definition) is 2. The molecule has 0 bridgehead atoms. The van der Waals surface area contributed by atoms with Gasteiger partial charge in [0, 0.05) is 11.1 Å². The maximum atomic E-state index is 13.4. The maximum Gasteiger partial charge on any atom is 0.147 e. The van der Waals surface area contributed by atoms with Crippen molar-refractivity contribution in [2.24, 2.45) is 0 Å². The fraction of sp³-hybridized carbons (Fsp3) is 0.0526. The first-order valence-corrected chi connectivity index (χ1v) is 9.03. The van der Waals surface area contributed by atoms with Gasteiger partial charge in [0.15, 0.2) is 0 Å². The Hall–Kier alpha value is -3.19. The third-order valence-corrected chi connectivity index (χ3v) is 5.12. The van der Waals surface area contributed by atoms with Crippen LogP contribution in [-0.4, -0.2) is 20.0 Å². The molecule has 128 valence electrons. The Kier molecular flexibility index (Phi) is 3.46. The van der Waals surface area contributed by atoms with Crippen molar-refractivity contribution in [2.75, 3.05) is 5.32 Å². The third kappa shape index (κ3) is 2.62. The molecule has 0 aliphatic rings. The normalized spacial score (nSPS) is 11.4. The second-order valence-corrected chi connectivity index (χ2v) is 6.96. The van der Waals surface area contributed by atoms with Gasteiger partial charge in [0.05, 0.1) is 23.6 Å². The number of hydrogen-bond acceptors (Lipinski definition) is 4. The third-order valence-electron chi connectivity index (χ3n) is 4.32. The van der Waals surface area contributed by atoms with Gasteiger partial charge in [-0.05, 0) is 47.3 Å². The summed E-state index contributed by atoms with van der Waals surface area (Å²) in [7, 11) is 0. The van der Waals surface area contributed by atoms with Crippen LogP contribution in [-0.2, 0) is 6.54 Å². The zero-order chi connectivity index (χ0) is 17.5. The van der Waals surface area contributed by atoms with Gasteiger partial charge in [0.25, 0.3) is 0 Å². The summed E-state index contributed by atoms with van der Waals surface area (Å²) < 4.78 is 15.3. The highest BCUT2D eigenvalue weighted by molar-refractivity contribution is 7.16. The van der Waals surface area contributed by atoms with Crippen LogP contribution in [0, 0.1) is 5.82 Å². The smallest absolute Gasteiger partial charge is 0.147 e. The van der Waals surface area contributed by atoms with E-state index in [-0.39, 0.29) is 5.82 Å². The van der Waals surface area contributed by atoms with Crippen LogP contribution in [0.3, 0.4) is 0 Å². The summed E-state index contributed by atoms with van der Waals surface area (Å²) in [5, 5.41) is 19.3. The second kappa shape index (κ2) is 5.96. The van der Waals surface area contributed by atoms with E-state index in [4.69, 9.17) is 0 Å². The average Bonchev–Trinajstić information content (AvgIpc) is 3.33. The number of nitrogens with zero attached hydrogens (tertiary/aromatic N) is 3. The van der Waals surface area contributed by atoms with E-state index in [1.807, 2.05) is 46.6 Å². The largest absolute Gasteiger partial charge is 0.340 e. The summed E-state index contributed by atoms with van der Waals surface area (Å²) in [5.41, 5.74) is 2.85. The van der Waals surface area contributed by atoms with Crippen LogP contribution in [0.5, 0.6) is 0 Å². The molecule has 0 saturated carbocycles. The van der Waals surface area contributed by atoms with Gasteiger partial charge >= 0.3 is 0 Å². The second-order valence-electron chi connectivity index (χ2n) is 6.07. The Morgan fingerprint density at radius 3 is 3.04 bits per heavy atom. The first kappa shape index (κ1) is 15.1. The molecule has 0 saturated heterocycles. The van der Waals surface area contributed by atoms with E-state index >= 15 is 0 Å². The maximum absolute atomic E-state index is 13.4. The van der Waals surface area contributed by atoms with Gasteiger partial charge in [-0.15, -0.1) is 11.3 Å². The molecule has 0 radical (unpaired) electrons. The molecular weight excluding hydrogens is 349 g/mol. The molecule has 0 atom stereocenters. The lowest BCUT2D eigenvalue weighted by molar-refractivity contribution is 0.621. The molecule has 0 fully saturated rings. The van der Waals surface area contributed by atoms with Crippen molar-refractivity contribution in [3.63, 3.8) is 0 Å². The van der Waals surface area contributed by atoms with E-state index in [0.29, 0.717) is 6.54 Å². The minimum Gasteiger partial charge on any atom is -0.340 e. The number of anilines is 2. The van der Waals surface area contributed by atoms with Crippen LogP contribution in [0.4, 0.5) is 15.9 Å². The molecule has 5 aromatic rings. The minimum atomic E-state index is -0.232. The van der Waals surface area contributed by atoms with Crippen molar-refractivity contribution in [1.29, 1.82) is 0 Å². The van der Waals surface area contributed by atoms with Crippen molar-refractivity contribution in [2.45, 2.75) is 6.54 Å². The van der Waals surface area contributed by atoms with Crippen LogP contribution in [0.2, 0.25) is 0 Å². The van der Waals surface area contributed by atoms with Crippen LogP contribution < -0.4 is 5.32 Å². The highest BCUT2D eigenvalue weighted by Gasteiger charge is 2.09. The highest BCUT2D eigenvalue weighted by atomic mass is 32.1. The lowest BCUT2D eigenvalue weighted by atomic mass is 10.2. The van der Waals surface area contributed by atoms with Gasteiger partial charge in [-0.25, -0.2) is 4.39 Å². The Morgan fingerprint density at radius 2 is 2.12 bits per heavy atom. The molecule has 0 spiro atoms. The summed E-state index contributed by atoms with van der Waals surface area (Å²) in [6.07, 6.45) is 1.83. The molecular formula is C19H14FN5S. The topological polar surface area (TPSA) is 58.5 Å². The van der Waals surface area contributed by atoms with Crippen molar-refractivity contribution in [1.82, 2.24) is 20.0 Å². The van der Waals surface area contributed by atoms with E-state index < -0.39 is 0 Å². The van der Waals surface area contributed by atoms with Crippen LogP contribution in [0.1, 0.15) is 5.56 Å². The average molecular weight is 363 g/mol.